The summed E-state index contributed by atoms with van der Waals surface area (Å²) < 4.78 is 6.90. The minimum atomic E-state index is 0.628. The van der Waals surface area contributed by atoms with Crippen molar-refractivity contribution in [3.05, 3.63) is 41.7 Å². The summed E-state index contributed by atoms with van der Waals surface area (Å²) in [5.74, 6) is 0.805. The molecule has 2 aromatic rings. The van der Waals surface area contributed by atoms with Gasteiger partial charge in [0.1, 0.15) is 11.8 Å². The van der Waals surface area contributed by atoms with Gasteiger partial charge in [0.25, 0.3) is 0 Å². The molecule has 0 saturated heterocycles. The van der Waals surface area contributed by atoms with Gasteiger partial charge in [-0.2, -0.15) is 10.4 Å². The number of nitrogens with zero attached hydrogens (tertiary/aromatic N) is 3. The third kappa shape index (κ3) is 2.00. The van der Waals surface area contributed by atoms with Crippen LogP contribution < -0.4 is 4.74 Å². The van der Waals surface area contributed by atoms with Gasteiger partial charge in [0, 0.05) is 0 Å². The fourth-order valence-electron chi connectivity index (χ4n) is 1.75. The third-order valence-corrected chi connectivity index (χ3v) is 2.64. The Labute approximate surface area is 100 Å². The maximum atomic E-state index is 8.97. The number of rotatable bonds is 3. The van der Waals surface area contributed by atoms with Crippen molar-refractivity contribution in [1.82, 2.24) is 9.78 Å². The number of hydrogen-bond donors (Lipinski definition) is 0. The SMILES string of the molecule is CCc1c(C#N)cnn1-c1ccc(OC)cc1. The number of hydrogen-bond acceptors (Lipinski definition) is 3. The first kappa shape index (κ1) is 11.2. The van der Waals surface area contributed by atoms with Crippen LogP contribution in [-0.2, 0) is 6.42 Å². The van der Waals surface area contributed by atoms with Crippen LogP contribution in [0.15, 0.2) is 30.5 Å². The molecule has 0 bridgehead atoms. The summed E-state index contributed by atoms with van der Waals surface area (Å²) in [7, 11) is 1.63. The van der Waals surface area contributed by atoms with E-state index in [9.17, 15) is 0 Å². The van der Waals surface area contributed by atoms with Gasteiger partial charge in [-0.15, -0.1) is 0 Å². The van der Waals surface area contributed by atoms with E-state index in [1.54, 1.807) is 18.0 Å². The summed E-state index contributed by atoms with van der Waals surface area (Å²) >= 11 is 0. The van der Waals surface area contributed by atoms with Gasteiger partial charge in [0.15, 0.2) is 0 Å². The molecule has 1 aromatic carbocycles. The average molecular weight is 227 g/mol. The fourth-order valence-corrected chi connectivity index (χ4v) is 1.75. The summed E-state index contributed by atoms with van der Waals surface area (Å²) in [5.41, 5.74) is 2.49. The topological polar surface area (TPSA) is 50.8 Å². The molecule has 0 N–H and O–H groups in total. The Morgan fingerprint density at radius 2 is 2.06 bits per heavy atom. The highest BCUT2D eigenvalue weighted by Crippen LogP contribution is 2.18. The van der Waals surface area contributed by atoms with Gasteiger partial charge in [-0.05, 0) is 30.7 Å². The Morgan fingerprint density at radius 1 is 1.35 bits per heavy atom. The number of methoxy groups -OCH3 is 1. The van der Waals surface area contributed by atoms with E-state index in [1.165, 1.54) is 0 Å². The van der Waals surface area contributed by atoms with Crippen LogP contribution in [0.2, 0.25) is 0 Å². The summed E-state index contributed by atoms with van der Waals surface area (Å²) in [6.45, 7) is 2.01. The van der Waals surface area contributed by atoms with Crippen LogP contribution >= 0.6 is 0 Å². The van der Waals surface area contributed by atoms with Crippen molar-refractivity contribution in [1.29, 1.82) is 5.26 Å². The summed E-state index contributed by atoms with van der Waals surface area (Å²) in [5, 5.41) is 13.2. The van der Waals surface area contributed by atoms with Crippen molar-refractivity contribution in [2.24, 2.45) is 0 Å². The normalized spacial score (nSPS) is 9.94. The van der Waals surface area contributed by atoms with E-state index in [4.69, 9.17) is 10.00 Å². The molecule has 0 fully saturated rings. The Kier molecular flexibility index (Phi) is 3.10. The lowest BCUT2D eigenvalue weighted by Gasteiger charge is -2.07. The standard InChI is InChI=1S/C13H13N3O/c1-3-13-10(8-14)9-15-16(13)11-4-6-12(17-2)7-5-11/h4-7,9H,3H2,1-2H3. The Morgan fingerprint density at radius 3 is 2.59 bits per heavy atom. The van der Waals surface area contributed by atoms with E-state index in [0.29, 0.717) is 5.56 Å². The number of benzene rings is 1. The van der Waals surface area contributed by atoms with Crippen molar-refractivity contribution >= 4 is 0 Å². The van der Waals surface area contributed by atoms with E-state index < -0.39 is 0 Å². The molecule has 0 unspecified atom stereocenters. The molecule has 2 rings (SSSR count). The van der Waals surface area contributed by atoms with Gasteiger partial charge in [-0.25, -0.2) is 4.68 Å². The Bertz CT molecular complexity index is 549. The highest BCUT2D eigenvalue weighted by atomic mass is 16.5. The Hall–Kier alpha value is -2.28. The van der Waals surface area contributed by atoms with Crippen LogP contribution in [0.4, 0.5) is 0 Å². The molecule has 0 spiro atoms. The van der Waals surface area contributed by atoms with Crippen molar-refractivity contribution in [3.8, 4) is 17.5 Å². The Balaban J connectivity index is 2.46. The molecule has 4 nitrogen and oxygen atoms in total. The zero-order chi connectivity index (χ0) is 12.3. The molecule has 0 aliphatic rings. The zero-order valence-electron chi connectivity index (χ0n) is 9.84. The minimum Gasteiger partial charge on any atom is -0.497 e. The lowest BCUT2D eigenvalue weighted by molar-refractivity contribution is 0.414. The summed E-state index contributed by atoms with van der Waals surface area (Å²) in [6, 6.07) is 9.75. The van der Waals surface area contributed by atoms with E-state index in [0.717, 1.165) is 23.6 Å². The van der Waals surface area contributed by atoms with Gasteiger partial charge in [-0.1, -0.05) is 6.92 Å². The predicted octanol–water partition coefficient (Wildman–Crippen LogP) is 2.31. The fraction of sp³-hybridized carbons (Fsp3) is 0.231. The second-order valence-electron chi connectivity index (χ2n) is 3.58. The van der Waals surface area contributed by atoms with Crippen molar-refractivity contribution in [2.45, 2.75) is 13.3 Å². The number of ether oxygens (including phenoxy) is 1. The van der Waals surface area contributed by atoms with E-state index in [2.05, 4.69) is 11.2 Å². The second-order valence-corrected chi connectivity index (χ2v) is 3.58. The molecule has 0 aliphatic carbocycles. The highest BCUT2D eigenvalue weighted by Gasteiger charge is 2.09. The second kappa shape index (κ2) is 4.71. The van der Waals surface area contributed by atoms with E-state index in [-0.39, 0.29) is 0 Å². The van der Waals surface area contributed by atoms with Gasteiger partial charge >= 0.3 is 0 Å². The molecule has 4 heteroatoms. The minimum absolute atomic E-state index is 0.628. The van der Waals surface area contributed by atoms with Crippen LogP contribution in [0.1, 0.15) is 18.2 Å². The molecule has 17 heavy (non-hydrogen) atoms. The molecular weight excluding hydrogens is 214 g/mol. The maximum absolute atomic E-state index is 8.97. The van der Waals surface area contributed by atoms with Gasteiger partial charge in [0.2, 0.25) is 0 Å². The zero-order valence-corrected chi connectivity index (χ0v) is 9.84. The predicted molar refractivity (Wildman–Crippen MR) is 64.2 cm³/mol. The number of nitriles is 1. The monoisotopic (exact) mass is 227 g/mol. The molecule has 1 heterocycles. The van der Waals surface area contributed by atoms with Crippen molar-refractivity contribution < 1.29 is 4.74 Å². The van der Waals surface area contributed by atoms with Crippen molar-refractivity contribution in [2.75, 3.05) is 7.11 Å². The first-order valence-electron chi connectivity index (χ1n) is 5.41. The van der Waals surface area contributed by atoms with Crippen LogP contribution in [0, 0.1) is 11.3 Å². The highest BCUT2D eigenvalue weighted by molar-refractivity contribution is 5.42. The molecular formula is C13H13N3O. The molecule has 1 aromatic heterocycles. The lowest BCUT2D eigenvalue weighted by Crippen LogP contribution is -2.01. The molecule has 0 atom stereocenters. The van der Waals surface area contributed by atoms with Gasteiger partial charge in [0.05, 0.1) is 30.3 Å². The summed E-state index contributed by atoms with van der Waals surface area (Å²) in [6.07, 6.45) is 2.37. The van der Waals surface area contributed by atoms with Gasteiger partial charge in [-0.3, -0.25) is 0 Å². The third-order valence-electron chi connectivity index (χ3n) is 2.64. The van der Waals surface area contributed by atoms with Gasteiger partial charge < -0.3 is 4.74 Å². The molecule has 0 radical (unpaired) electrons. The van der Waals surface area contributed by atoms with E-state index in [1.807, 2.05) is 31.2 Å². The average Bonchev–Trinajstić information content (AvgIpc) is 2.81. The quantitative estimate of drug-likeness (QED) is 0.808. The van der Waals surface area contributed by atoms with Crippen LogP contribution in [0.3, 0.4) is 0 Å². The summed E-state index contributed by atoms with van der Waals surface area (Å²) in [4.78, 5) is 0. The van der Waals surface area contributed by atoms with E-state index >= 15 is 0 Å². The lowest BCUT2D eigenvalue weighted by atomic mass is 10.2. The van der Waals surface area contributed by atoms with Crippen LogP contribution in [0.5, 0.6) is 5.75 Å². The maximum Gasteiger partial charge on any atom is 0.119 e. The van der Waals surface area contributed by atoms with Crippen LogP contribution in [0.25, 0.3) is 5.69 Å². The molecule has 86 valence electrons. The first-order chi connectivity index (χ1) is 8.30. The molecule has 0 saturated carbocycles. The van der Waals surface area contributed by atoms with Crippen LogP contribution in [-0.4, -0.2) is 16.9 Å². The number of aromatic nitrogens is 2. The molecule has 0 aliphatic heterocycles. The smallest absolute Gasteiger partial charge is 0.119 e. The van der Waals surface area contributed by atoms with Crippen molar-refractivity contribution in [3.63, 3.8) is 0 Å². The molecule has 0 amide bonds. The first-order valence-corrected chi connectivity index (χ1v) is 5.41. The largest absolute Gasteiger partial charge is 0.497 e.